The lowest BCUT2D eigenvalue weighted by atomic mass is 10.1. The van der Waals surface area contributed by atoms with Gasteiger partial charge in [0.1, 0.15) is 0 Å². The quantitative estimate of drug-likeness (QED) is 0.857. The predicted octanol–water partition coefficient (Wildman–Crippen LogP) is 2.05. The van der Waals surface area contributed by atoms with Crippen LogP contribution in [0.15, 0.2) is 30.3 Å². The van der Waals surface area contributed by atoms with Crippen molar-refractivity contribution in [3.8, 4) is 0 Å². The third-order valence-corrected chi connectivity index (χ3v) is 3.18. The molecule has 18 heavy (non-hydrogen) atoms. The summed E-state index contributed by atoms with van der Waals surface area (Å²) in [5.74, 6) is 0. The zero-order valence-electron chi connectivity index (χ0n) is 10.7. The van der Waals surface area contributed by atoms with Crippen molar-refractivity contribution < 1.29 is 9.53 Å². The van der Waals surface area contributed by atoms with Crippen LogP contribution in [0.5, 0.6) is 0 Å². The molecule has 0 radical (unpaired) electrons. The molecule has 0 saturated carbocycles. The number of rotatable bonds is 4. The lowest BCUT2D eigenvalue weighted by molar-refractivity contribution is 0.0860. The highest BCUT2D eigenvalue weighted by atomic mass is 16.5. The van der Waals surface area contributed by atoms with Crippen LogP contribution < -0.4 is 10.6 Å². The Morgan fingerprint density at radius 1 is 1.44 bits per heavy atom. The van der Waals surface area contributed by atoms with E-state index in [2.05, 4.69) is 10.6 Å². The van der Waals surface area contributed by atoms with Crippen LogP contribution >= 0.6 is 0 Å². The van der Waals surface area contributed by atoms with Crippen molar-refractivity contribution in [1.29, 1.82) is 0 Å². The van der Waals surface area contributed by atoms with Crippen LogP contribution in [0.25, 0.3) is 0 Å². The highest BCUT2D eigenvalue weighted by molar-refractivity contribution is 5.74. The Labute approximate surface area is 108 Å². The van der Waals surface area contributed by atoms with E-state index < -0.39 is 0 Å². The zero-order chi connectivity index (χ0) is 12.8. The first-order valence-electron chi connectivity index (χ1n) is 6.45. The van der Waals surface area contributed by atoms with Crippen LogP contribution in [0, 0.1) is 0 Å². The van der Waals surface area contributed by atoms with Gasteiger partial charge in [0.05, 0.1) is 12.1 Å². The van der Waals surface area contributed by atoms with Crippen molar-refractivity contribution in [2.45, 2.75) is 38.5 Å². The molecular weight excluding hydrogens is 228 g/mol. The fourth-order valence-electron chi connectivity index (χ4n) is 2.13. The van der Waals surface area contributed by atoms with Crippen molar-refractivity contribution in [2.75, 3.05) is 6.61 Å². The van der Waals surface area contributed by atoms with Gasteiger partial charge in [-0.1, -0.05) is 30.3 Å². The van der Waals surface area contributed by atoms with Gasteiger partial charge in [-0.15, -0.1) is 0 Å². The van der Waals surface area contributed by atoms with Crippen molar-refractivity contribution in [1.82, 2.24) is 10.6 Å². The molecule has 98 valence electrons. The van der Waals surface area contributed by atoms with Gasteiger partial charge in [-0.05, 0) is 25.3 Å². The Morgan fingerprint density at radius 3 is 2.89 bits per heavy atom. The maximum absolute atomic E-state index is 11.7. The van der Waals surface area contributed by atoms with E-state index in [1.807, 2.05) is 37.3 Å². The van der Waals surface area contributed by atoms with E-state index in [4.69, 9.17) is 4.74 Å². The summed E-state index contributed by atoms with van der Waals surface area (Å²) in [7, 11) is 0. The van der Waals surface area contributed by atoms with Gasteiger partial charge >= 0.3 is 6.03 Å². The van der Waals surface area contributed by atoms with Crippen LogP contribution in [-0.4, -0.2) is 24.8 Å². The van der Waals surface area contributed by atoms with Crippen molar-refractivity contribution in [2.24, 2.45) is 0 Å². The van der Waals surface area contributed by atoms with Gasteiger partial charge in [0.25, 0.3) is 0 Å². The van der Waals surface area contributed by atoms with Gasteiger partial charge in [0.15, 0.2) is 0 Å². The Morgan fingerprint density at radius 2 is 2.22 bits per heavy atom. The average molecular weight is 248 g/mol. The minimum absolute atomic E-state index is 0.0586. The fourth-order valence-corrected chi connectivity index (χ4v) is 2.13. The van der Waals surface area contributed by atoms with Crippen LogP contribution in [-0.2, 0) is 11.3 Å². The molecule has 0 aliphatic carbocycles. The van der Waals surface area contributed by atoms with Gasteiger partial charge in [-0.2, -0.15) is 0 Å². The SMILES string of the molecule is C[C@H](NC(=O)NCc1ccccc1)[C@@H]1CCCO1. The predicted molar refractivity (Wildman–Crippen MR) is 70.2 cm³/mol. The van der Waals surface area contributed by atoms with Crippen molar-refractivity contribution in [3.63, 3.8) is 0 Å². The first-order chi connectivity index (χ1) is 8.75. The van der Waals surface area contributed by atoms with E-state index in [1.54, 1.807) is 0 Å². The summed E-state index contributed by atoms with van der Waals surface area (Å²) in [6.07, 6.45) is 2.27. The lowest BCUT2D eigenvalue weighted by Crippen LogP contribution is -2.45. The second-order valence-corrected chi connectivity index (χ2v) is 4.65. The van der Waals surface area contributed by atoms with Crippen LogP contribution in [0.4, 0.5) is 4.79 Å². The molecular formula is C14H20N2O2. The van der Waals surface area contributed by atoms with Gasteiger partial charge in [0, 0.05) is 13.2 Å². The number of hydrogen-bond acceptors (Lipinski definition) is 2. The summed E-state index contributed by atoms with van der Waals surface area (Å²) in [5.41, 5.74) is 1.09. The van der Waals surface area contributed by atoms with Crippen molar-refractivity contribution >= 4 is 6.03 Å². The number of carbonyl (C=O) groups excluding carboxylic acids is 1. The molecule has 1 aliphatic rings. The van der Waals surface area contributed by atoms with Gasteiger partial charge < -0.3 is 15.4 Å². The standard InChI is InChI=1S/C14H20N2O2/c1-11(13-8-5-9-18-13)16-14(17)15-10-12-6-3-2-4-7-12/h2-4,6-7,11,13H,5,8-10H2,1H3,(H2,15,16,17)/t11-,13-/m0/s1. The van der Waals surface area contributed by atoms with E-state index in [9.17, 15) is 4.79 Å². The smallest absolute Gasteiger partial charge is 0.315 e. The zero-order valence-corrected chi connectivity index (χ0v) is 10.7. The number of carbonyl (C=O) groups is 1. The Balaban J connectivity index is 1.71. The normalized spacial score (nSPS) is 20.4. The molecule has 1 fully saturated rings. The molecule has 1 aliphatic heterocycles. The van der Waals surface area contributed by atoms with Gasteiger partial charge in [-0.25, -0.2) is 4.79 Å². The fraction of sp³-hybridized carbons (Fsp3) is 0.500. The summed E-state index contributed by atoms with van der Waals surface area (Å²) in [4.78, 5) is 11.7. The summed E-state index contributed by atoms with van der Waals surface area (Å²) in [6, 6.07) is 9.79. The molecule has 0 aromatic heterocycles. The summed E-state index contributed by atoms with van der Waals surface area (Å²) in [6.45, 7) is 3.34. The van der Waals surface area contributed by atoms with Gasteiger partial charge in [-0.3, -0.25) is 0 Å². The van der Waals surface area contributed by atoms with E-state index in [0.717, 1.165) is 25.0 Å². The summed E-state index contributed by atoms with van der Waals surface area (Å²) in [5, 5.41) is 5.76. The summed E-state index contributed by atoms with van der Waals surface area (Å²) >= 11 is 0. The van der Waals surface area contributed by atoms with E-state index in [1.165, 1.54) is 0 Å². The number of amides is 2. The molecule has 1 saturated heterocycles. The monoisotopic (exact) mass is 248 g/mol. The second-order valence-electron chi connectivity index (χ2n) is 4.65. The highest BCUT2D eigenvalue weighted by Crippen LogP contribution is 2.15. The minimum Gasteiger partial charge on any atom is -0.376 e. The Bertz CT molecular complexity index is 375. The lowest BCUT2D eigenvalue weighted by Gasteiger charge is -2.20. The molecule has 2 amide bonds. The minimum atomic E-state index is -0.137. The Kier molecular flexibility index (Phi) is 4.59. The maximum Gasteiger partial charge on any atom is 0.315 e. The third-order valence-electron chi connectivity index (χ3n) is 3.18. The molecule has 2 rings (SSSR count). The molecule has 1 aromatic carbocycles. The first-order valence-corrected chi connectivity index (χ1v) is 6.45. The molecule has 1 aromatic rings. The number of hydrogen-bond donors (Lipinski definition) is 2. The third kappa shape index (κ3) is 3.74. The van der Waals surface area contributed by atoms with Crippen molar-refractivity contribution in [3.05, 3.63) is 35.9 Å². The topological polar surface area (TPSA) is 50.4 Å². The average Bonchev–Trinajstić information content (AvgIpc) is 2.91. The van der Waals surface area contributed by atoms with E-state index >= 15 is 0 Å². The molecule has 0 spiro atoms. The second kappa shape index (κ2) is 6.40. The molecule has 1 heterocycles. The Hall–Kier alpha value is -1.55. The van der Waals surface area contributed by atoms with E-state index in [0.29, 0.717) is 6.54 Å². The number of ether oxygens (including phenoxy) is 1. The number of urea groups is 1. The largest absolute Gasteiger partial charge is 0.376 e. The first kappa shape index (κ1) is 12.9. The molecule has 4 nitrogen and oxygen atoms in total. The van der Waals surface area contributed by atoms with Crippen LogP contribution in [0.3, 0.4) is 0 Å². The highest BCUT2D eigenvalue weighted by Gasteiger charge is 2.23. The van der Waals surface area contributed by atoms with Gasteiger partial charge in [0.2, 0.25) is 0 Å². The maximum atomic E-state index is 11.7. The molecule has 0 bridgehead atoms. The van der Waals surface area contributed by atoms with Crippen LogP contribution in [0.1, 0.15) is 25.3 Å². The van der Waals surface area contributed by atoms with Crippen LogP contribution in [0.2, 0.25) is 0 Å². The molecule has 2 atom stereocenters. The number of nitrogens with one attached hydrogen (secondary N) is 2. The molecule has 4 heteroatoms. The number of benzene rings is 1. The van der Waals surface area contributed by atoms with E-state index in [-0.39, 0.29) is 18.2 Å². The molecule has 0 unspecified atom stereocenters. The molecule has 2 N–H and O–H groups in total. The summed E-state index contributed by atoms with van der Waals surface area (Å²) < 4.78 is 5.54.